The van der Waals surface area contributed by atoms with E-state index in [1.165, 1.54) is 27.1 Å². The van der Waals surface area contributed by atoms with Crippen LogP contribution in [0.1, 0.15) is 11.3 Å². The largest absolute Gasteiger partial charge is 0.358 e. The van der Waals surface area contributed by atoms with E-state index >= 15 is 0 Å². The molecule has 0 aliphatic carbocycles. The van der Waals surface area contributed by atoms with E-state index in [1.807, 2.05) is 6.07 Å². The SMILES string of the molecule is Cc1[nH]c2ccc(Nc3ncnc4cc(-c5ccccc5)sc34)cc2c1C. The second-order valence-electron chi connectivity index (χ2n) is 6.67. The molecule has 3 heterocycles. The number of thiophene rings is 1. The van der Waals surface area contributed by atoms with E-state index in [0.717, 1.165) is 27.2 Å². The third-order valence-electron chi connectivity index (χ3n) is 4.94. The number of benzene rings is 2. The highest BCUT2D eigenvalue weighted by molar-refractivity contribution is 7.22. The molecule has 0 radical (unpaired) electrons. The first kappa shape index (κ1) is 16.0. The van der Waals surface area contributed by atoms with Crippen molar-refractivity contribution in [1.29, 1.82) is 0 Å². The van der Waals surface area contributed by atoms with Crippen molar-refractivity contribution < 1.29 is 0 Å². The number of H-pyrrole nitrogens is 1. The van der Waals surface area contributed by atoms with Gasteiger partial charge in [-0.2, -0.15) is 0 Å². The standard InChI is InChI=1S/C22H18N4S/c1-13-14(2)25-18-9-8-16(10-17(13)18)26-22-21-19(23-12-24-22)11-20(27-21)15-6-4-3-5-7-15/h3-12,25H,1-2H3,(H,23,24,26). The van der Waals surface area contributed by atoms with Crippen LogP contribution in [0.3, 0.4) is 0 Å². The van der Waals surface area contributed by atoms with E-state index in [1.54, 1.807) is 17.7 Å². The van der Waals surface area contributed by atoms with Crippen LogP contribution in [0, 0.1) is 13.8 Å². The van der Waals surface area contributed by atoms with E-state index in [4.69, 9.17) is 0 Å². The summed E-state index contributed by atoms with van der Waals surface area (Å²) in [6.07, 6.45) is 1.62. The molecule has 0 fully saturated rings. The second-order valence-corrected chi connectivity index (χ2v) is 7.73. The van der Waals surface area contributed by atoms with Crippen molar-refractivity contribution in [3.05, 3.63) is 72.2 Å². The van der Waals surface area contributed by atoms with Crippen molar-refractivity contribution in [2.75, 3.05) is 5.32 Å². The fourth-order valence-corrected chi connectivity index (χ4v) is 4.42. The molecule has 0 spiro atoms. The molecule has 0 atom stereocenters. The Balaban J connectivity index is 1.57. The summed E-state index contributed by atoms with van der Waals surface area (Å²) in [4.78, 5) is 13.6. The van der Waals surface area contributed by atoms with Crippen LogP contribution in [-0.4, -0.2) is 15.0 Å². The van der Waals surface area contributed by atoms with Gasteiger partial charge in [-0.25, -0.2) is 9.97 Å². The van der Waals surface area contributed by atoms with Crippen LogP contribution in [0.25, 0.3) is 31.6 Å². The molecule has 0 amide bonds. The number of nitrogens with one attached hydrogen (secondary N) is 2. The van der Waals surface area contributed by atoms with Gasteiger partial charge in [-0.3, -0.25) is 0 Å². The predicted molar refractivity (Wildman–Crippen MR) is 114 cm³/mol. The molecule has 0 aliphatic heterocycles. The Kier molecular flexibility index (Phi) is 3.69. The van der Waals surface area contributed by atoms with Gasteiger partial charge in [0.1, 0.15) is 6.33 Å². The molecule has 0 aliphatic rings. The molecule has 5 heteroatoms. The van der Waals surface area contributed by atoms with Crippen molar-refractivity contribution in [3.63, 3.8) is 0 Å². The molecule has 2 N–H and O–H groups in total. The van der Waals surface area contributed by atoms with Gasteiger partial charge in [-0.1, -0.05) is 30.3 Å². The van der Waals surface area contributed by atoms with Crippen molar-refractivity contribution in [1.82, 2.24) is 15.0 Å². The first-order valence-corrected chi connectivity index (χ1v) is 9.66. The Morgan fingerprint density at radius 2 is 1.81 bits per heavy atom. The van der Waals surface area contributed by atoms with Crippen LogP contribution in [0.4, 0.5) is 11.5 Å². The minimum atomic E-state index is 0.844. The Morgan fingerprint density at radius 3 is 2.67 bits per heavy atom. The maximum atomic E-state index is 4.50. The third kappa shape index (κ3) is 2.76. The molecule has 0 unspecified atom stereocenters. The maximum absolute atomic E-state index is 4.50. The molecule has 3 aromatic heterocycles. The van der Waals surface area contributed by atoms with Gasteiger partial charge in [0, 0.05) is 27.2 Å². The molecule has 4 nitrogen and oxygen atoms in total. The van der Waals surface area contributed by atoms with Crippen molar-refractivity contribution >= 4 is 44.0 Å². The number of aromatic nitrogens is 3. The molecule has 0 bridgehead atoms. The number of rotatable bonds is 3. The number of aromatic amines is 1. The minimum Gasteiger partial charge on any atom is -0.358 e. The lowest BCUT2D eigenvalue weighted by atomic mass is 10.1. The molecular formula is C22H18N4S. The highest BCUT2D eigenvalue weighted by atomic mass is 32.1. The average Bonchev–Trinajstić information content (AvgIpc) is 3.25. The van der Waals surface area contributed by atoms with E-state index in [2.05, 4.69) is 82.6 Å². The first-order chi connectivity index (χ1) is 13.2. The number of aryl methyl sites for hydroxylation is 2. The Labute approximate surface area is 160 Å². The van der Waals surface area contributed by atoms with Gasteiger partial charge in [0.05, 0.1) is 10.2 Å². The number of anilines is 2. The Morgan fingerprint density at radius 1 is 0.963 bits per heavy atom. The molecule has 132 valence electrons. The summed E-state index contributed by atoms with van der Waals surface area (Å²) in [5, 5.41) is 4.72. The van der Waals surface area contributed by atoms with E-state index in [9.17, 15) is 0 Å². The zero-order valence-electron chi connectivity index (χ0n) is 15.1. The van der Waals surface area contributed by atoms with Crippen molar-refractivity contribution in [3.8, 4) is 10.4 Å². The zero-order chi connectivity index (χ0) is 18.4. The average molecular weight is 370 g/mol. The van der Waals surface area contributed by atoms with Crippen LogP contribution >= 0.6 is 11.3 Å². The van der Waals surface area contributed by atoms with Crippen LogP contribution in [0.5, 0.6) is 0 Å². The fraction of sp³-hybridized carbons (Fsp3) is 0.0909. The van der Waals surface area contributed by atoms with E-state index in [0.29, 0.717) is 0 Å². The number of fused-ring (bicyclic) bond motifs is 2. The summed E-state index contributed by atoms with van der Waals surface area (Å²) in [6, 6.07) is 18.9. The lowest BCUT2D eigenvalue weighted by molar-refractivity contribution is 1.23. The van der Waals surface area contributed by atoms with Gasteiger partial charge in [-0.15, -0.1) is 11.3 Å². The van der Waals surface area contributed by atoms with Gasteiger partial charge in [-0.05, 0) is 49.2 Å². The summed E-state index contributed by atoms with van der Waals surface area (Å²) in [5.74, 6) is 0.844. The minimum absolute atomic E-state index is 0.844. The maximum Gasteiger partial charge on any atom is 0.151 e. The molecular weight excluding hydrogens is 352 g/mol. The highest BCUT2D eigenvalue weighted by Crippen LogP contribution is 2.36. The summed E-state index contributed by atoms with van der Waals surface area (Å²) in [7, 11) is 0. The van der Waals surface area contributed by atoms with Gasteiger partial charge in [0.15, 0.2) is 5.82 Å². The highest BCUT2D eigenvalue weighted by Gasteiger charge is 2.11. The summed E-state index contributed by atoms with van der Waals surface area (Å²) >= 11 is 1.71. The van der Waals surface area contributed by atoms with Crippen molar-refractivity contribution in [2.24, 2.45) is 0 Å². The smallest absolute Gasteiger partial charge is 0.151 e. The van der Waals surface area contributed by atoms with Gasteiger partial charge >= 0.3 is 0 Å². The van der Waals surface area contributed by atoms with Gasteiger partial charge in [0.25, 0.3) is 0 Å². The summed E-state index contributed by atoms with van der Waals surface area (Å²) in [5.41, 5.74) is 6.84. The van der Waals surface area contributed by atoms with Crippen LogP contribution in [0.15, 0.2) is 60.9 Å². The quantitative estimate of drug-likeness (QED) is 0.397. The lowest BCUT2D eigenvalue weighted by Gasteiger charge is -2.06. The topological polar surface area (TPSA) is 53.6 Å². The van der Waals surface area contributed by atoms with Crippen LogP contribution < -0.4 is 5.32 Å². The summed E-state index contributed by atoms with van der Waals surface area (Å²) < 4.78 is 1.07. The molecule has 5 aromatic rings. The second kappa shape index (κ2) is 6.21. The number of hydrogen-bond donors (Lipinski definition) is 2. The molecule has 0 saturated carbocycles. The number of hydrogen-bond acceptors (Lipinski definition) is 4. The van der Waals surface area contributed by atoms with Crippen molar-refractivity contribution in [2.45, 2.75) is 13.8 Å². The Bertz CT molecular complexity index is 1270. The van der Waals surface area contributed by atoms with Gasteiger partial charge in [0.2, 0.25) is 0 Å². The third-order valence-corrected chi connectivity index (χ3v) is 6.12. The predicted octanol–water partition coefficient (Wildman–Crippen LogP) is 6.20. The van der Waals surface area contributed by atoms with Crippen LogP contribution in [-0.2, 0) is 0 Å². The first-order valence-electron chi connectivity index (χ1n) is 8.85. The van der Waals surface area contributed by atoms with Crippen LogP contribution in [0.2, 0.25) is 0 Å². The number of nitrogens with zero attached hydrogens (tertiary/aromatic N) is 2. The lowest BCUT2D eigenvalue weighted by Crippen LogP contribution is -1.94. The monoisotopic (exact) mass is 370 g/mol. The van der Waals surface area contributed by atoms with E-state index < -0.39 is 0 Å². The molecule has 0 saturated heterocycles. The normalized spacial score (nSPS) is 11.3. The summed E-state index contributed by atoms with van der Waals surface area (Å²) in [6.45, 7) is 4.25. The zero-order valence-corrected chi connectivity index (χ0v) is 15.9. The fourth-order valence-electron chi connectivity index (χ4n) is 3.36. The molecule has 5 rings (SSSR count). The molecule has 2 aromatic carbocycles. The van der Waals surface area contributed by atoms with Gasteiger partial charge < -0.3 is 10.3 Å². The van der Waals surface area contributed by atoms with E-state index in [-0.39, 0.29) is 0 Å². The Hall–Kier alpha value is -3.18. The molecule has 27 heavy (non-hydrogen) atoms.